The number of hydrogen-bond donors (Lipinski definition) is 2. The molecule has 146 valence electrons. The zero-order chi connectivity index (χ0) is 19.3. The van der Waals surface area contributed by atoms with Crippen molar-refractivity contribution in [2.24, 2.45) is 0 Å². The van der Waals surface area contributed by atoms with Crippen molar-refractivity contribution in [2.75, 3.05) is 26.7 Å². The fourth-order valence-corrected chi connectivity index (χ4v) is 5.35. The van der Waals surface area contributed by atoms with Gasteiger partial charge in [-0.05, 0) is 63.9 Å². The molecule has 2 heterocycles. The Bertz CT molecular complexity index is 873. The summed E-state index contributed by atoms with van der Waals surface area (Å²) in [6.07, 6.45) is 2.01. The normalized spacial score (nSPS) is 24.7. The Morgan fingerprint density at radius 3 is 2.81 bits per heavy atom. The number of piperidine rings is 1. The van der Waals surface area contributed by atoms with E-state index in [-0.39, 0.29) is 12.1 Å². The lowest BCUT2D eigenvalue weighted by molar-refractivity contribution is 0.124. The molecular weight excluding hydrogens is 360 g/mol. The molecule has 1 aliphatic heterocycles. The van der Waals surface area contributed by atoms with Crippen LogP contribution in [-0.2, 0) is 6.42 Å². The Hall–Kier alpha value is -1.72. The SMILES string of the molecule is CCN(CC)C(=O)N[C@H]1CC2c3cc(Cl)cc4[nH]c(C)c(c34)C[C@H]2N(C)C1. The van der Waals surface area contributed by atoms with Gasteiger partial charge >= 0.3 is 6.03 Å². The first kappa shape index (κ1) is 18.6. The lowest BCUT2D eigenvalue weighted by Gasteiger charge is -2.46. The van der Waals surface area contributed by atoms with Gasteiger partial charge in [0.2, 0.25) is 0 Å². The Balaban J connectivity index is 1.66. The first-order valence-corrected chi connectivity index (χ1v) is 10.4. The molecule has 2 amide bonds. The molecule has 2 aromatic rings. The molecule has 4 rings (SSSR count). The predicted molar refractivity (Wildman–Crippen MR) is 111 cm³/mol. The maximum Gasteiger partial charge on any atom is 0.317 e. The molecule has 1 unspecified atom stereocenters. The number of halogens is 1. The van der Waals surface area contributed by atoms with Gasteiger partial charge in [0.05, 0.1) is 0 Å². The number of carbonyl (C=O) groups is 1. The van der Waals surface area contributed by atoms with E-state index in [1.165, 1.54) is 22.2 Å². The average molecular weight is 389 g/mol. The van der Waals surface area contributed by atoms with Crippen molar-refractivity contribution in [3.63, 3.8) is 0 Å². The van der Waals surface area contributed by atoms with Crippen LogP contribution in [0.3, 0.4) is 0 Å². The molecular formula is C21H29ClN4O. The van der Waals surface area contributed by atoms with Crippen LogP contribution in [0.5, 0.6) is 0 Å². The number of aryl methyl sites for hydroxylation is 1. The number of benzene rings is 1. The van der Waals surface area contributed by atoms with E-state index in [0.29, 0.717) is 12.0 Å². The number of H-pyrrole nitrogens is 1. The third-order valence-corrected chi connectivity index (χ3v) is 6.70. The third kappa shape index (κ3) is 3.11. The minimum Gasteiger partial charge on any atom is -0.358 e. The Labute approximate surface area is 166 Å². The van der Waals surface area contributed by atoms with Crippen LogP contribution in [0, 0.1) is 6.92 Å². The van der Waals surface area contributed by atoms with E-state index >= 15 is 0 Å². The molecule has 1 aliphatic carbocycles. The third-order valence-electron chi connectivity index (χ3n) is 6.48. The predicted octanol–water partition coefficient (Wildman–Crippen LogP) is 3.89. The molecule has 1 aromatic heterocycles. The van der Waals surface area contributed by atoms with Crippen molar-refractivity contribution in [2.45, 2.75) is 51.6 Å². The van der Waals surface area contributed by atoms with Crippen LogP contribution in [-0.4, -0.2) is 59.6 Å². The van der Waals surface area contributed by atoms with Gasteiger partial charge in [-0.3, -0.25) is 0 Å². The Kier molecular flexibility index (Phi) is 4.85. The van der Waals surface area contributed by atoms with Gasteiger partial charge in [0.1, 0.15) is 0 Å². The maximum atomic E-state index is 12.6. The second-order valence-corrected chi connectivity index (χ2v) is 8.45. The summed E-state index contributed by atoms with van der Waals surface area (Å²) in [5.74, 6) is 0.384. The van der Waals surface area contributed by atoms with E-state index in [0.717, 1.165) is 43.0 Å². The number of nitrogens with one attached hydrogen (secondary N) is 2. The summed E-state index contributed by atoms with van der Waals surface area (Å²) >= 11 is 6.45. The maximum absolute atomic E-state index is 12.6. The van der Waals surface area contributed by atoms with Gasteiger partial charge in [-0.15, -0.1) is 0 Å². The van der Waals surface area contributed by atoms with Crippen molar-refractivity contribution >= 4 is 28.5 Å². The van der Waals surface area contributed by atoms with E-state index in [1.807, 2.05) is 24.8 Å². The minimum atomic E-state index is 0.0436. The van der Waals surface area contributed by atoms with Crippen LogP contribution in [0.4, 0.5) is 4.79 Å². The van der Waals surface area contributed by atoms with E-state index in [2.05, 4.69) is 35.2 Å². The topological polar surface area (TPSA) is 51.4 Å². The second-order valence-electron chi connectivity index (χ2n) is 8.02. The molecule has 3 atom stereocenters. The highest BCUT2D eigenvalue weighted by atomic mass is 35.5. The quantitative estimate of drug-likeness (QED) is 0.837. The largest absolute Gasteiger partial charge is 0.358 e. The summed E-state index contributed by atoms with van der Waals surface area (Å²) in [7, 11) is 2.18. The molecule has 0 bridgehead atoms. The summed E-state index contributed by atoms with van der Waals surface area (Å²) in [6.45, 7) is 8.55. The lowest BCUT2D eigenvalue weighted by atomic mass is 9.73. The van der Waals surface area contributed by atoms with Gasteiger partial charge in [-0.25, -0.2) is 4.79 Å². The smallest absolute Gasteiger partial charge is 0.317 e. The van der Waals surface area contributed by atoms with Crippen LogP contribution in [0.25, 0.3) is 10.9 Å². The number of nitrogens with zero attached hydrogens (tertiary/aromatic N) is 2. The van der Waals surface area contributed by atoms with Crippen LogP contribution >= 0.6 is 11.6 Å². The van der Waals surface area contributed by atoms with Crippen LogP contribution in [0.2, 0.25) is 5.02 Å². The molecule has 6 heteroatoms. The van der Waals surface area contributed by atoms with E-state index < -0.39 is 0 Å². The Morgan fingerprint density at radius 2 is 2.11 bits per heavy atom. The molecule has 2 aliphatic rings. The van der Waals surface area contributed by atoms with Gasteiger partial charge in [0.15, 0.2) is 0 Å². The fourth-order valence-electron chi connectivity index (χ4n) is 5.13. The highest BCUT2D eigenvalue weighted by Crippen LogP contribution is 2.45. The number of urea groups is 1. The summed E-state index contributed by atoms with van der Waals surface area (Å²) in [6, 6.07) is 4.82. The van der Waals surface area contributed by atoms with E-state index in [1.54, 1.807) is 0 Å². The summed E-state index contributed by atoms with van der Waals surface area (Å²) in [5, 5.41) is 5.39. The van der Waals surface area contributed by atoms with Gasteiger partial charge in [-0.1, -0.05) is 11.6 Å². The number of carbonyl (C=O) groups excluding carboxylic acids is 1. The number of aromatic nitrogens is 1. The van der Waals surface area contributed by atoms with Gasteiger partial charge in [-0.2, -0.15) is 0 Å². The first-order valence-electron chi connectivity index (χ1n) is 9.99. The van der Waals surface area contributed by atoms with Gasteiger partial charge < -0.3 is 20.1 Å². The molecule has 0 saturated carbocycles. The number of aromatic amines is 1. The van der Waals surface area contributed by atoms with Gasteiger partial charge in [0, 0.05) is 59.3 Å². The van der Waals surface area contributed by atoms with Crippen molar-refractivity contribution in [3.8, 4) is 0 Å². The summed E-state index contributed by atoms with van der Waals surface area (Å²) in [5.41, 5.74) is 5.15. The van der Waals surface area contributed by atoms with Crippen molar-refractivity contribution in [1.82, 2.24) is 20.1 Å². The summed E-state index contributed by atoms with van der Waals surface area (Å²) < 4.78 is 0. The number of fused-ring (bicyclic) bond motifs is 2. The number of amides is 2. The molecule has 1 aromatic carbocycles. The highest BCUT2D eigenvalue weighted by molar-refractivity contribution is 6.31. The number of likely N-dealkylation sites (N-methyl/N-ethyl adjacent to an activating group) is 1. The number of likely N-dealkylation sites (tertiary alicyclic amines) is 1. The van der Waals surface area contributed by atoms with Crippen molar-refractivity contribution < 1.29 is 4.79 Å². The fraction of sp³-hybridized carbons (Fsp3) is 0.571. The molecule has 27 heavy (non-hydrogen) atoms. The molecule has 2 N–H and O–H groups in total. The highest BCUT2D eigenvalue weighted by Gasteiger charge is 2.40. The molecule has 5 nitrogen and oxygen atoms in total. The van der Waals surface area contributed by atoms with Crippen LogP contribution < -0.4 is 5.32 Å². The number of rotatable bonds is 3. The zero-order valence-corrected chi connectivity index (χ0v) is 17.4. The molecule has 1 fully saturated rings. The van der Waals surface area contributed by atoms with E-state index in [9.17, 15) is 4.79 Å². The van der Waals surface area contributed by atoms with Crippen LogP contribution in [0.15, 0.2) is 12.1 Å². The number of hydrogen-bond acceptors (Lipinski definition) is 2. The summed E-state index contributed by atoms with van der Waals surface area (Å²) in [4.78, 5) is 20.3. The first-order chi connectivity index (χ1) is 12.9. The van der Waals surface area contributed by atoms with E-state index in [4.69, 9.17) is 11.6 Å². The molecule has 0 spiro atoms. The van der Waals surface area contributed by atoms with Gasteiger partial charge in [0.25, 0.3) is 0 Å². The minimum absolute atomic E-state index is 0.0436. The Morgan fingerprint density at radius 1 is 1.37 bits per heavy atom. The standard InChI is InChI=1S/C21H29ClN4O/c1-5-26(6-2)21(27)24-14-9-16-17-7-13(22)8-18-20(17)15(12(3)23-18)10-19(16)25(4)11-14/h7-8,14,16,19,23H,5-6,9-11H2,1-4H3,(H,24,27)/t14-,16?,19+/m0/s1. The molecule has 0 radical (unpaired) electrons. The second kappa shape index (κ2) is 7.02. The van der Waals surface area contributed by atoms with Crippen molar-refractivity contribution in [1.29, 1.82) is 0 Å². The monoisotopic (exact) mass is 388 g/mol. The lowest BCUT2D eigenvalue weighted by Crippen LogP contribution is -2.56. The van der Waals surface area contributed by atoms with Crippen LogP contribution in [0.1, 0.15) is 43.0 Å². The zero-order valence-electron chi connectivity index (χ0n) is 16.6. The molecule has 1 saturated heterocycles. The average Bonchev–Trinajstić information content (AvgIpc) is 2.93. The van der Waals surface area contributed by atoms with Crippen molar-refractivity contribution in [3.05, 3.63) is 34.0 Å².